The predicted molar refractivity (Wildman–Crippen MR) is 84.5 cm³/mol. The van der Waals surface area contributed by atoms with Gasteiger partial charge < -0.3 is 15.4 Å². The van der Waals surface area contributed by atoms with Crippen molar-refractivity contribution in [2.24, 2.45) is 5.92 Å². The summed E-state index contributed by atoms with van der Waals surface area (Å²) in [5.41, 5.74) is 1.34. The number of aryl methyl sites for hydroxylation is 1. The third-order valence-electron chi connectivity index (χ3n) is 4.18. The Labute approximate surface area is 127 Å². The van der Waals surface area contributed by atoms with E-state index in [0.717, 1.165) is 38.0 Å². The van der Waals surface area contributed by atoms with Crippen LogP contribution in [0.15, 0.2) is 24.3 Å². The minimum Gasteiger partial charge on any atom is -0.497 e. The standard InChI is InChI=1S/C17H26N2O2/c1-3-18-17(20)16-12-14(10-11-19-16)5-4-13-6-8-15(21-2)9-7-13/h6-9,14,16,19H,3-5,10-12H2,1-2H3,(H,18,20). The summed E-state index contributed by atoms with van der Waals surface area (Å²) < 4.78 is 5.17. The second-order valence-corrected chi connectivity index (χ2v) is 5.68. The molecule has 4 heteroatoms. The van der Waals surface area contributed by atoms with Crippen molar-refractivity contribution in [2.75, 3.05) is 20.2 Å². The molecule has 2 unspecified atom stereocenters. The molecule has 0 aliphatic carbocycles. The van der Waals surface area contributed by atoms with Crippen molar-refractivity contribution in [3.63, 3.8) is 0 Å². The SMILES string of the molecule is CCNC(=O)C1CC(CCc2ccc(OC)cc2)CCN1. The highest BCUT2D eigenvalue weighted by Crippen LogP contribution is 2.23. The molecule has 21 heavy (non-hydrogen) atoms. The lowest BCUT2D eigenvalue weighted by molar-refractivity contribution is -0.124. The van der Waals surface area contributed by atoms with Gasteiger partial charge in [0.2, 0.25) is 5.91 Å². The Hall–Kier alpha value is -1.55. The Morgan fingerprint density at radius 2 is 2.14 bits per heavy atom. The van der Waals surface area contributed by atoms with Gasteiger partial charge in [-0.1, -0.05) is 12.1 Å². The van der Waals surface area contributed by atoms with Crippen LogP contribution in [0, 0.1) is 5.92 Å². The number of piperidine rings is 1. The first-order chi connectivity index (χ1) is 10.2. The van der Waals surface area contributed by atoms with E-state index in [0.29, 0.717) is 12.5 Å². The first kappa shape index (κ1) is 15.8. The number of carbonyl (C=O) groups is 1. The Morgan fingerprint density at radius 3 is 2.81 bits per heavy atom. The topological polar surface area (TPSA) is 50.4 Å². The highest BCUT2D eigenvalue weighted by molar-refractivity contribution is 5.81. The van der Waals surface area contributed by atoms with Crippen LogP contribution in [0.5, 0.6) is 5.75 Å². The molecular weight excluding hydrogens is 264 g/mol. The van der Waals surface area contributed by atoms with Gasteiger partial charge in [0.15, 0.2) is 0 Å². The molecule has 0 saturated carbocycles. The van der Waals surface area contributed by atoms with Crippen molar-refractivity contribution in [2.45, 2.75) is 38.6 Å². The number of likely N-dealkylation sites (N-methyl/N-ethyl adjacent to an activating group) is 1. The number of hydrogen-bond donors (Lipinski definition) is 2. The number of hydrogen-bond acceptors (Lipinski definition) is 3. The molecule has 2 rings (SSSR count). The summed E-state index contributed by atoms with van der Waals surface area (Å²) in [4.78, 5) is 11.9. The molecular formula is C17H26N2O2. The van der Waals surface area contributed by atoms with E-state index < -0.39 is 0 Å². The highest BCUT2D eigenvalue weighted by atomic mass is 16.5. The maximum atomic E-state index is 11.9. The van der Waals surface area contributed by atoms with Gasteiger partial charge in [-0.3, -0.25) is 4.79 Å². The largest absolute Gasteiger partial charge is 0.497 e. The molecule has 1 heterocycles. The zero-order valence-electron chi connectivity index (χ0n) is 13.0. The normalized spacial score (nSPS) is 21.8. The number of rotatable bonds is 6. The first-order valence-electron chi connectivity index (χ1n) is 7.87. The van der Waals surface area contributed by atoms with Crippen LogP contribution in [0.2, 0.25) is 0 Å². The average Bonchev–Trinajstić information content (AvgIpc) is 2.54. The Bertz CT molecular complexity index is 445. The predicted octanol–water partition coefficient (Wildman–Crippen LogP) is 2.13. The molecule has 0 aromatic heterocycles. The summed E-state index contributed by atoms with van der Waals surface area (Å²) in [7, 11) is 1.69. The van der Waals surface area contributed by atoms with Crippen molar-refractivity contribution in [1.82, 2.24) is 10.6 Å². The first-order valence-corrected chi connectivity index (χ1v) is 7.87. The quantitative estimate of drug-likeness (QED) is 0.844. The number of carbonyl (C=O) groups excluding carboxylic acids is 1. The fraction of sp³-hybridized carbons (Fsp3) is 0.588. The molecule has 1 amide bonds. The molecule has 116 valence electrons. The summed E-state index contributed by atoms with van der Waals surface area (Å²) in [6.07, 6.45) is 4.31. The highest BCUT2D eigenvalue weighted by Gasteiger charge is 2.26. The van der Waals surface area contributed by atoms with Gasteiger partial charge in [0.25, 0.3) is 0 Å². The van der Waals surface area contributed by atoms with Gasteiger partial charge in [-0.05, 0) is 62.8 Å². The second-order valence-electron chi connectivity index (χ2n) is 5.68. The monoisotopic (exact) mass is 290 g/mol. The molecule has 2 atom stereocenters. The number of benzene rings is 1. The van der Waals surface area contributed by atoms with Gasteiger partial charge >= 0.3 is 0 Å². The summed E-state index contributed by atoms with van der Waals surface area (Å²) in [6, 6.07) is 8.26. The molecule has 1 aromatic carbocycles. The third kappa shape index (κ3) is 4.74. The van der Waals surface area contributed by atoms with Gasteiger partial charge in [0.1, 0.15) is 5.75 Å². The van der Waals surface area contributed by atoms with E-state index in [-0.39, 0.29) is 11.9 Å². The lowest BCUT2D eigenvalue weighted by Crippen LogP contribution is -2.48. The van der Waals surface area contributed by atoms with Crippen LogP contribution < -0.4 is 15.4 Å². The summed E-state index contributed by atoms with van der Waals surface area (Å²) in [5.74, 6) is 1.67. The van der Waals surface area contributed by atoms with E-state index >= 15 is 0 Å². The van der Waals surface area contributed by atoms with E-state index in [9.17, 15) is 4.79 Å². The Balaban J connectivity index is 1.80. The summed E-state index contributed by atoms with van der Waals surface area (Å²) in [6.45, 7) is 3.60. The number of amides is 1. The lowest BCUT2D eigenvalue weighted by Gasteiger charge is -2.29. The van der Waals surface area contributed by atoms with Crippen LogP contribution in [0.3, 0.4) is 0 Å². The molecule has 0 radical (unpaired) electrons. The van der Waals surface area contributed by atoms with E-state index in [1.54, 1.807) is 7.11 Å². The van der Waals surface area contributed by atoms with Gasteiger partial charge in [0, 0.05) is 6.54 Å². The van der Waals surface area contributed by atoms with Gasteiger partial charge in [0.05, 0.1) is 13.2 Å². The smallest absolute Gasteiger partial charge is 0.237 e. The molecule has 4 nitrogen and oxygen atoms in total. The van der Waals surface area contributed by atoms with Crippen LogP contribution in [-0.4, -0.2) is 32.1 Å². The molecule has 1 aromatic rings. The van der Waals surface area contributed by atoms with Crippen LogP contribution in [0.1, 0.15) is 31.7 Å². The molecule has 1 fully saturated rings. The molecule has 0 spiro atoms. The van der Waals surface area contributed by atoms with Crippen LogP contribution >= 0.6 is 0 Å². The fourth-order valence-corrected chi connectivity index (χ4v) is 2.92. The number of ether oxygens (including phenoxy) is 1. The van der Waals surface area contributed by atoms with Crippen LogP contribution in [-0.2, 0) is 11.2 Å². The Kier molecular flexibility index (Phi) is 6.05. The molecule has 0 bridgehead atoms. The second kappa shape index (κ2) is 8.03. The molecule has 1 aliphatic heterocycles. The minimum atomic E-state index is -0.0143. The zero-order valence-corrected chi connectivity index (χ0v) is 13.0. The van der Waals surface area contributed by atoms with E-state index in [1.807, 2.05) is 19.1 Å². The lowest BCUT2D eigenvalue weighted by atomic mass is 9.87. The summed E-state index contributed by atoms with van der Waals surface area (Å²) in [5, 5.41) is 6.23. The van der Waals surface area contributed by atoms with Crippen molar-refractivity contribution < 1.29 is 9.53 Å². The number of nitrogens with one attached hydrogen (secondary N) is 2. The minimum absolute atomic E-state index is 0.0143. The molecule has 1 saturated heterocycles. The van der Waals surface area contributed by atoms with E-state index in [1.165, 1.54) is 5.56 Å². The van der Waals surface area contributed by atoms with Crippen molar-refractivity contribution in [1.29, 1.82) is 0 Å². The van der Waals surface area contributed by atoms with Crippen LogP contribution in [0.25, 0.3) is 0 Å². The van der Waals surface area contributed by atoms with Crippen molar-refractivity contribution in [3.05, 3.63) is 29.8 Å². The van der Waals surface area contributed by atoms with Crippen molar-refractivity contribution >= 4 is 5.91 Å². The van der Waals surface area contributed by atoms with E-state index in [2.05, 4.69) is 22.8 Å². The third-order valence-corrected chi connectivity index (χ3v) is 4.18. The number of methoxy groups -OCH3 is 1. The summed E-state index contributed by atoms with van der Waals surface area (Å²) >= 11 is 0. The van der Waals surface area contributed by atoms with Gasteiger partial charge in [-0.15, -0.1) is 0 Å². The van der Waals surface area contributed by atoms with E-state index in [4.69, 9.17) is 4.74 Å². The average molecular weight is 290 g/mol. The Morgan fingerprint density at radius 1 is 1.38 bits per heavy atom. The van der Waals surface area contributed by atoms with Gasteiger partial charge in [-0.25, -0.2) is 0 Å². The van der Waals surface area contributed by atoms with Crippen LogP contribution in [0.4, 0.5) is 0 Å². The van der Waals surface area contributed by atoms with Gasteiger partial charge in [-0.2, -0.15) is 0 Å². The maximum absolute atomic E-state index is 11.9. The molecule has 2 N–H and O–H groups in total. The molecule has 1 aliphatic rings. The van der Waals surface area contributed by atoms with Crippen molar-refractivity contribution in [3.8, 4) is 5.75 Å². The maximum Gasteiger partial charge on any atom is 0.237 e. The zero-order chi connectivity index (χ0) is 15.1. The fourth-order valence-electron chi connectivity index (χ4n) is 2.92.